The minimum atomic E-state index is -0.0894. The second-order valence-corrected chi connectivity index (χ2v) is 5.75. The lowest BCUT2D eigenvalue weighted by atomic mass is 10.2. The summed E-state index contributed by atoms with van der Waals surface area (Å²) in [6, 6.07) is 7.65. The van der Waals surface area contributed by atoms with Crippen LogP contribution < -0.4 is 5.32 Å². The number of amides is 2. The predicted molar refractivity (Wildman–Crippen MR) is 93.3 cm³/mol. The van der Waals surface area contributed by atoms with Crippen molar-refractivity contribution in [1.29, 1.82) is 0 Å². The Balaban J connectivity index is 2.19. The predicted octanol–water partition coefficient (Wildman–Crippen LogP) is 3.02. The first-order valence-corrected chi connectivity index (χ1v) is 7.69. The molecule has 0 atom stereocenters. The van der Waals surface area contributed by atoms with Crippen molar-refractivity contribution < 1.29 is 9.59 Å². The standard InChI is InChI=1S/C18H23N3O2/c1-5-6-13(2)18(23)19-15-7-8-16-14(11-15)9-10-21(16)12-17(22)20(3)4/h6-11H,5,12H2,1-4H3,(H,19,23)/b13-6+. The van der Waals surface area contributed by atoms with Crippen molar-refractivity contribution in [3.8, 4) is 0 Å². The van der Waals surface area contributed by atoms with E-state index in [1.54, 1.807) is 25.9 Å². The fraction of sp³-hybridized carbons (Fsp3) is 0.333. The van der Waals surface area contributed by atoms with Crippen molar-refractivity contribution >= 4 is 28.4 Å². The summed E-state index contributed by atoms with van der Waals surface area (Å²) < 4.78 is 1.91. The number of nitrogens with one attached hydrogen (secondary N) is 1. The van der Waals surface area contributed by atoms with Gasteiger partial charge >= 0.3 is 0 Å². The minimum absolute atomic E-state index is 0.0419. The average molecular weight is 313 g/mol. The normalized spacial score (nSPS) is 11.6. The summed E-state index contributed by atoms with van der Waals surface area (Å²) in [6.45, 7) is 4.11. The topological polar surface area (TPSA) is 54.3 Å². The number of carbonyl (C=O) groups excluding carboxylic acids is 2. The third-order valence-electron chi connectivity index (χ3n) is 3.70. The van der Waals surface area contributed by atoms with Crippen LogP contribution in [0.25, 0.3) is 10.9 Å². The molecule has 23 heavy (non-hydrogen) atoms. The number of likely N-dealkylation sites (N-methyl/N-ethyl adjacent to an activating group) is 1. The van der Waals surface area contributed by atoms with Crippen LogP contribution in [0.2, 0.25) is 0 Å². The zero-order valence-electron chi connectivity index (χ0n) is 14.1. The summed E-state index contributed by atoms with van der Waals surface area (Å²) in [5, 5.41) is 3.89. The van der Waals surface area contributed by atoms with E-state index in [-0.39, 0.29) is 11.8 Å². The Hall–Kier alpha value is -2.56. The third-order valence-corrected chi connectivity index (χ3v) is 3.70. The molecule has 1 aromatic heterocycles. The van der Waals surface area contributed by atoms with Crippen LogP contribution in [0.5, 0.6) is 0 Å². The number of carbonyl (C=O) groups is 2. The lowest BCUT2D eigenvalue weighted by Crippen LogP contribution is -2.25. The first-order chi connectivity index (χ1) is 10.9. The summed E-state index contributed by atoms with van der Waals surface area (Å²) in [4.78, 5) is 25.4. The van der Waals surface area contributed by atoms with Gasteiger partial charge in [-0.3, -0.25) is 9.59 Å². The minimum Gasteiger partial charge on any atom is -0.347 e. The first kappa shape index (κ1) is 16.8. The summed E-state index contributed by atoms with van der Waals surface area (Å²) in [5.41, 5.74) is 2.43. The molecule has 0 aliphatic heterocycles. The van der Waals surface area contributed by atoms with E-state index in [2.05, 4.69) is 5.32 Å². The highest BCUT2D eigenvalue weighted by Gasteiger charge is 2.09. The van der Waals surface area contributed by atoms with Crippen LogP contribution in [0, 0.1) is 0 Å². The molecule has 0 aliphatic rings. The summed E-state index contributed by atoms with van der Waals surface area (Å²) in [6.07, 6.45) is 4.62. The van der Waals surface area contributed by atoms with Gasteiger partial charge in [0.1, 0.15) is 6.54 Å². The van der Waals surface area contributed by atoms with Gasteiger partial charge in [-0.25, -0.2) is 0 Å². The zero-order chi connectivity index (χ0) is 17.0. The van der Waals surface area contributed by atoms with Gasteiger partial charge in [-0.2, -0.15) is 0 Å². The average Bonchev–Trinajstić information content (AvgIpc) is 2.89. The highest BCUT2D eigenvalue weighted by Crippen LogP contribution is 2.21. The first-order valence-electron chi connectivity index (χ1n) is 7.69. The quantitative estimate of drug-likeness (QED) is 0.863. The Morgan fingerprint density at radius 2 is 2.00 bits per heavy atom. The second-order valence-electron chi connectivity index (χ2n) is 5.75. The van der Waals surface area contributed by atoms with E-state index in [1.807, 2.05) is 48.0 Å². The molecule has 1 N–H and O–H groups in total. The molecule has 0 bridgehead atoms. The summed E-state index contributed by atoms with van der Waals surface area (Å²) in [7, 11) is 3.49. The fourth-order valence-corrected chi connectivity index (χ4v) is 2.33. The lowest BCUT2D eigenvalue weighted by Gasteiger charge is -2.12. The molecule has 2 aromatic rings. The Bertz CT molecular complexity index is 757. The molecule has 1 heterocycles. The van der Waals surface area contributed by atoms with Crippen molar-refractivity contribution in [2.45, 2.75) is 26.8 Å². The number of nitrogens with zero attached hydrogens (tertiary/aromatic N) is 2. The van der Waals surface area contributed by atoms with Crippen molar-refractivity contribution in [1.82, 2.24) is 9.47 Å². The van der Waals surface area contributed by atoms with Gasteiger partial charge < -0.3 is 14.8 Å². The number of hydrogen-bond donors (Lipinski definition) is 1. The van der Waals surface area contributed by atoms with Crippen LogP contribution in [0.3, 0.4) is 0 Å². The molecular formula is C18H23N3O2. The van der Waals surface area contributed by atoms with E-state index in [0.29, 0.717) is 12.1 Å². The molecule has 0 radical (unpaired) electrons. The van der Waals surface area contributed by atoms with Crippen molar-refractivity contribution in [2.75, 3.05) is 19.4 Å². The number of rotatable bonds is 5. The molecule has 0 unspecified atom stereocenters. The molecule has 2 amide bonds. The van der Waals surface area contributed by atoms with Crippen LogP contribution in [0.1, 0.15) is 20.3 Å². The molecule has 0 fully saturated rings. The fourth-order valence-electron chi connectivity index (χ4n) is 2.33. The van der Waals surface area contributed by atoms with Gasteiger partial charge in [-0.15, -0.1) is 0 Å². The Morgan fingerprint density at radius 3 is 2.65 bits per heavy atom. The molecular weight excluding hydrogens is 290 g/mol. The highest BCUT2D eigenvalue weighted by molar-refractivity contribution is 6.04. The van der Waals surface area contributed by atoms with E-state index in [4.69, 9.17) is 0 Å². The number of allylic oxidation sites excluding steroid dienone is 1. The SMILES string of the molecule is CC/C=C(\C)C(=O)Nc1ccc2c(ccn2CC(=O)N(C)C)c1. The van der Waals surface area contributed by atoms with Crippen molar-refractivity contribution in [3.63, 3.8) is 0 Å². The maximum Gasteiger partial charge on any atom is 0.250 e. The van der Waals surface area contributed by atoms with Crippen LogP contribution in [0.15, 0.2) is 42.1 Å². The molecule has 5 nitrogen and oxygen atoms in total. The Kier molecular flexibility index (Phi) is 5.21. The van der Waals surface area contributed by atoms with Crippen LogP contribution in [-0.4, -0.2) is 35.4 Å². The molecule has 2 rings (SSSR count). The maximum absolute atomic E-state index is 12.0. The summed E-state index contributed by atoms with van der Waals surface area (Å²) in [5.74, 6) is -0.0476. The van der Waals surface area contributed by atoms with E-state index in [0.717, 1.165) is 23.0 Å². The van der Waals surface area contributed by atoms with Gasteiger partial charge in [0.15, 0.2) is 0 Å². The van der Waals surface area contributed by atoms with E-state index >= 15 is 0 Å². The van der Waals surface area contributed by atoms with E-state index in [1.165, 1.54) is 0 Å². The van der Waals surface area contributed by atoms with Gasteiger partial charge in [0.05, 0.1) is 0 Å². The highest BCUT2D eigenvalue weighted by atomic mass is 16.2. The van der Waals surface area contributed by atoms with Gasteiger partial charge in [-0.05, 0) is 37.6 Å². The van der Waals surface area contributed by atoms with Gasteiger partial charge in [-0.1, -0.05) is 13.0 Å². The maximum atomic E-state index is 12.0. The molecule has 0 saturated carbocycles. The number of aromatic nitrogens is 1. The zero-order valence-corrected chi connectivity index (χ0v) is 14.1. The molecule has 122 valence electrons. The second kappa shape index (κ2) is 7.13. The molecule has 0 saturated heterocycles. The van der Waals surface area contributed by atoms with E-state index in [9.17, 15) is 9.59 Å². The van der Waals surface area contributed by atoms with Crippen LogP contribution in [-0.2, 0) is 16.1 Å². The van der Waals surface area contributed by atoms with Crippen LogP contribution >= 0.6 is 0 Å². The number of anilines is 1. The Morgan fingerprint density at radius 1 is 1.26 bits per heavy atom. The van der Waals surface area contributed by atoms with Gasteiger partial charge in [0.25, 0.3) is 5.91 Å². The Labute approximate surface area is 136 Å². The van der Waals surface area contributed by atoms with Crippen LogP contribution in [0.4, 0.5) is 5.69 Å². The number of benzene rings is 1. The molecule has 1 aromatic carbocycles. The molecule has 0 spiro atoms. The van der Waals surface area contributed by atoms with Crippen molar-refractivity contribution in [2.24, 2.45) is 0 Å². The summed E-state index contributed by atoms with van der Waals surface area (Å²) >= 11 is 0. The number of fused-ring (bicyclic) bond motifs is 1. The number of hydrogen-bond acceptors (Lipinski definition) is 2. The third kappa shape index (κ3) is 4.00. The monoisotopic (exact) mass is 313 g/mol. The lowest BCUT2D eigenvalue weighted by molar-refractivity contribution is -0.129. The molecule has 0 aliphatic carbocycles. The van der Waals surface area contributed by atoms with Crippen molar-refractivity contribution in [3.05, 3.63) is 42.1 Å². The smallest absolute Gasteiger partial charge is 0.250 e. The van der Waals surface area contributed by atoms with E-state index < -0.39 is 0 Å². The molecule has 5 heteroatoms. The largest absolute Gasteiger partial charge is 0.347 e. The van der Waals surface area contributed by atoms with Gasteiger partial charge in [0.2, 0.25) is 5.91 Å². The van der Waals surface area contributed by atoms with Gasteiger partial charge in [0, 0.05) is 42.5 Å².